The van der Waals surface area contributed by atoms with Crippen molar-refractivity contribution in [2.24, 2.45) is 11.5 Å². The Kier molecular flexibility index (Phi) is 2.06. The van der Waals surface area contributed by atoms with Gasteiger partial charge in [-0.2, -0.15) is 0 Å². The lowest BCUT2D eigenvalue weighted by molar-refractivity contribution is -0.114. The van der Waals surface area contributed by atoms with Crippen LogP contribution >= 0.6 is 0 Å². The molecule has 0 radical (unpaired) electrons. The number of primary amides is 1. The van der Waals surface area contributed by atoms with Crippen molar-refractivity contribution in [3.05, 3.63) is 11.6 Å². The molecule has 10 heavy (non-hydrogen) atoms. The minimum atomic E-state index is -0.324. The number of hydrogen-bond acceptors (Lipinski definition) is 2. The summed E-state index contributed by atoms with van der Waals surface area (Å²) in [6.45, 7) is 0. The van der Waals surface area contributed by atoms with E-state index >= 15 is 0 Å². The summed E-state index contributed by atoms with van der Waals surface area (Å²) < 4.78 is 0. The van der Waals surface area contributed by atoms with Gasteiger partial charge in [-0.05, 0) is 19.3 Å². The molecule has 0 saturated carbocycles. The van der Waals surface area contributed by atoms with E-state index in [4.69, 9.17) is 11.5 Å². The fourth-order valence-electron chi connectivity index (χ4n) is 1.14. The highest BCUT2D eigenvalue weighted by atomic mass is 16.1. The first-order chi connectivity index (χ1) is 4.70. The van der Waals surface area contributed by atoms with Gasteiger partial charge in [-0.15, -0.1) is 0 Å². The second kappa shape index (κ2) is 2.84. The van der Waals surface area contributed by atoms with E-state index in [2.05, 4.69) is 0 Å². The van der Waals surface area contributed by atoms with Crippen LogP contribution < -0.4 is 11.5 Å². The molecule has 1 atom stereocenters. The van der Waals surface area contributed by atoms with Gasteiger partial charge in [-0.1, -0.05) is 6.08 Å². The maximum Gasteiger partial charge on any atom is 0.244 e. The number of rotatable bonds is 1. The Balaban J connectivity index is 2.60. The summed E-state index contributed by atoms with van der Waals surface area (Å²) in [6.07, 6.45) is 4.39. The van der Waals surface area contributed by atoms with Crippen LogP contribution in [-0.4, -0.2) is 11.9 Å². The average Bonchev–Trinajstić information content (AvgIpc) is 1.88. The highest BCUT2D eigenvalue weighted by Crippen LogP contribution is 2.15. The molecular formula is C7H12N2O. The van der Waals surface area contributed by atoms with E-state index in [9.17, 15) is 4.79 Å². The third-order valence-electron chi connectivity index (χ3n) is 1.73. The van der Waals surface area contributed by atoms with E-state index in [1.807, 2.05) is 6.08 Å². The van der Waals surface area contributed by atoms with Crippen LogP contribution in [0.2, 0.25) is 0 Å². The summed E-state index contributed by atoms with van der Waals surface area (Å²) in [5, 5.41) is 0. The van der Waals surface area contributed by atoms with Gasteiger partial charge in [0.25, 0.3) is 0 Å². The molecule has 0 aliphatic heterocycles. The van der Waals surface area contributed by atoms with Gasteiger partial charge in [-0.3, -0.25) is 4.79 Å². The zero-order valence-electron chi connectivity index (χ0n) is 5.84. The Labute approximate surface area is 60.1 Å². The lowest BCUT2D eigenvalue weighted by Gasteiger charge is -2.16. The summed E-state index contributed by atoms with van der Waals surface area (Å²) in [4.78, 5) is 10.6. The van der Waals surface area contributed by atoms with Crippen molar-refractivity contribution in [2.45, 2.75) is 25.3 Å². The normalized spacial score (nSPS) is 25.7. The summed E-state index contributed by atoms with van der Waals surface area (Å²) >= 11 is 0. The first-order valence-electron chi connectivity index (χ1n) is 3.44. The monoisotopic (exact) mass is 140 g/mol. The molecular weight excluding hydrogens is 128 g/mol. The van der Waals surface area contributed by atoms with E-state index in [1.54, 1.807) is 0 Å². The predicted molar refractivity (Wildman–Crippen MR) is 39.1 cm³/mol. The molecule has 1 aliphatic rings. The zero-order valence-corrected chi connectivity index (χ0v) is 5.84. The molecule has 0 heterocycles. The van der Waals surface area contributed by atoms with Crippen LogP contribution in [-0.2, 0) is 4.79 Å². The molecule has 1 aliphatic carbocycles. The quantitative estimate of drug-likeness (QED) is 0.534. The van der Waals surface area contributed by atoms with E-state index in [1.165, 1.54) is 0 Å². The lowest BCUT2D eigenvalue weighted by Crippen LogP contribution is -2.27. The Morgan fingerprint density at radius 2 is 2.40 bits per heavy atom. The minimum Gasteiger partial charge on any atom is -0.366 e. The zero-order chi connectivity index (χ0) is 7.56. The fourth-order valence-corrected chi connectivity index (χ4v) is 1.14. The number of amides is 1. The largest absolute Gasteiger partial charge is 0.366 e. The Bertz CT molecular complexity index is 174. The first kappa shape index (κ1) is 7.28. The van der Waals surface area contributed by atoms with Gasteiger partial charge in [0.05, 0.1) is 0 Å². The molecule has 1 unspecified atom stereocenters. The van der Waals surface area contributed by atoms with E-state index in [-0.39, 0.29) is 11.9 Å². The van der Waals surface area contributed by atoms with Crippen molar-refractivity contribution in [3.8, 4) is 0 Å². The molecule has 4 N–H and O–H groups in total. The SMILES string of the molecule is NC(=O)C1=CCCC(N)C1. The number of nitrogens with two attached hydrogens (primary N) is 2. The predicted octanol–water partition coefficient (Wildman–Crippen LogP) is -0.0907. The van der Waals surface area contributed by atoms with E-state index in [0.717, 1.165) is 12.8 Å². The Hall–Kier alpha value is -0.830. The summed E-state index contributed by atoms with van der Waals surface area (Å²) in [7, 11) is 0. The Morgan fingerprint density at radius 3 is 2.80 bits per heavy atom. The average molecular weight is 140 g/mol. The van der Waals surface area contributed by atoms with Gasteiger partial charge in [0, 0.05) is 11.6 Å². The van der Waals surface area contributed by atoms with Gasteiger partial charge in [-0.25, -0.2) is 0 Å². The van der Waals surface area contributed by atoms with Gasteiger partial charge >= 0.3 is 0 Å². The topological polar surface area (TPSA) is 69.1 Å². The third kappa shape index (κ3) is 1.57. The standard InChI is InChI=1S/C7H12N2O/c8-6-3-1-2-5(4-6)7(9)10/h2,6H,1,3-4,8H2,(H2,9,10). The molecule has 0 spiro atoms. The van der Waals surface area contributed by atoms with Crippen LogP contribution in [0.25, 0.3) is 0 Å². The second-order valence-corrected chi connectivity index (χ2v) is 2.64. The molecule has 3 nitrogen and oxygen atoms in total. The molecule has 0 aromatic carbocycles. The second-order valence-electron chi connectivity index (χ2n) is 2.64. The fraction of sp³-hybridized carbons (Fsp3) is 0.571. The van der Waals surface area contributed by atoms with Crippen LogP contribution in [0, 0.1) is 0 Å². The molecule has 0 saturated heterocycles. The van der Waals surface area contributed by atoms with Crippen LogP contribution in [0.5, 0.6) is 0 Å². The summed E-state index contributed by atoms with van der Waals surface area (Å²) in [5.74, 6) is -0.324. The van der Waals surface area contributed by atoms with Gasteiger partial charge in [0.2, 0.25) is 5.91 Å². The maximum atomic E-state index is 10.6. The van der Waals surface area contributed by atoms with Crippen LogP contribution in [0.15, 0.2) is 11.6 Å². The van der Waals surface area contributed by atoms with Crippen LogP contribution in [0.3, 0.4) is 0 Å². The molecule has 0 aromatic rings. The minimum absolute atomic E-state index is 0.132. The van der Waals surface area contributed by atoms with E-state index < -0.39 is 0 Å². The van der Waals surface area contributed by atoms with Gasteiger partial charge in [0.15, 0.2) is 0 Å². The van der Waals surface area contributed by atoms with Crippen molar-refractivity contribution in [1.82, 2.24) is 0 Å². The lowest BCUT2D eigenvalue weighted by atomic mass is 9.95. The molecule has 1 rings (SSSR count). The van der Waals surface area contributed by atoms with Gasteiger partial charge < -0.3 is 11.5 Å². The first-order valence-corrected chi connectivity index (χ1v) is 3.44. The molecule has 56 valence electrons. The molecule has 0 fully saturated rings. The van der Waals surface area contributed by atoms with Crippen LogP contribution in [0.4, 0.5) is 0 Å². The van der Waals surface area contributed by atoms with Gasteiger partial charge in [0.1, 0.15) is 0 Å². The van der Waals surface area contributed by atoms with E-state index in [0.29, 0.717) is 12.0 Å². The van der Waals surface area contributed by atoms with Crippen molar-refractivity contribution in [1.29, 1.82) is 0 Å². The Morgan fingerprint density at radius 1 is 1.70 bits per heavy atom. The summed E-state index contributed by atoms with van der Waals surface area (Å²) in [5.41, 5.74) is 11.4. The molecule has 0 bridgehead atoms. The highest BCUT2D eigenvalue weighted by Gasteiger charge is 2.14. The number of allylic oxidation sites excluding steroid dienone is 1. The number of carbonyl (C=O) groups excluding carboxylic acids is 1. The highest BCUT2D eigenvalue weighted by molar-refractivity contribution is 5.92. The molecule has 3 heteroatoms. The van der Waals surface area contributed by atoms with Crippen molar-refractivity contribution in [3.63, 3.8) is 0 Å². The van der Waals surface area contributed by atoms with Crippen molar-refractivity contribution >= 4 is 5.91 Å². The third-order valence-corrected chi connectivity index (χ3v) is 1.73. The van der Waals surface area contributed by atoms with Crippen molar-refractivity contribution < 1.29 is 4.79 Å². The maximum absolute atomic E-state index is 10.6. The molecule has 1 amide bonds. The smallest absolute Gasteiger partial charge is 0.244 e. The van der Waals surface area contributed by atoms with Crippen molar-refractivity contribution in [2.75, 3.05) is 0 Å². The number of carbonyl (C=O) groups is 1. The van der Waals surface area contributed by atoms with Crippen LogP contribution in [0.1, 0.15) is 19.3 Å². The number of hydrogen-bond donors (Lipinski definition) is 2. The summed E-state index contributed by atoms with van der Waals surface area (Å²) in [6, 6.07) is 0.132. The molecule has 0 aromatic heterocycles.